The number of carbonyl (C=O) groups excluding carboxylic acids is 1. The first kappa shape index (κ1) is 16.2. The minimum Gasteiger partial charge on any atom is -0.393 e. The number of aryl methyl sites for hydroxylation is 1. The molecule has 0 saturated carbocycles. The Morgan fingerprint density at radius 3 is 2.55 bits per heavy atom. The van der Waals surface area contributed by atoms with Gasteiger partial charge in [0.05, 0.1) is 4.99 Å². The van der Waals surface area contributed by atoms with E-state index in [0.717, 1.165) is 12.0 Å². The Balaban J connectivity index is 1.89. The first-order valence-corrected chi connectivity index (χ1v) is 7.66. The molecule has 3 nitrogen and oxygen atoms in total. The van der Waals surface area contributed by atoms with Crippen molar-refractivity contribution in [3.05, 3.63) is 70.8 Å². The van der Waals surface area contributed by atoms with E-state index in [2.05, 4.69) is 36.5 Å². The lowest BCUT2D eigenvalue weighted by Crippen LogP contribution is -2.25. The van der Waals surface area contributed by atoms with Crippen molar-refractivity contribution in [2.45, 2.75) is 19.8 Å². The van der Waals surface area contributed by atoms with Gasteiger partial charge in [0.15, 0.2) is 0 Å². The van der Waals surface area contributed by atoms with Crippen LogP contribution in [0.5, 0.6) is 0 Å². The molecule has 0 spiro atoms. The Labute approximate surface area is 136 Å². The fraction of sp³-hybridized carbons (Fsp3) is 0.222. The molecule has 2 aromatic rings. The summed E-state index contributed by atoms with van der Waals surface area (Å²) in [4.78, 5) is 12.6. The van der Waals surface area contributed by atoms with E-state index in [9.17, 15) is 4.79 Å². The van der Waals surface area contributed by atoms with Crippen molar-refractivity contribution in [2.75, 3.05) is 6.54 Å². The number of hydrogen-bond donors (Lipinski definition) is 2. The minimum atomic E-state index is -0.0723. The molecule has 1 amide bonds. The van der Waals surface area contributed by atoms with Gasteiger partial charge in [-0.1, -0.05) is 54.2 Å². The molecule has 0 fully saturated rings. The lowest BCUT2D eigenvalue weighted by molar-refractivity contribution is 0.0954. The second kappa shape index (κ2) is 7.71. The third-order valence-corrected chi connectivity index (χ3v) is 3.53. The molecule has 0 atom stereocenters. The molecule has 2 aromatic carbocycles. The summed E-state index contributed by atoms with van der Waals surface area (Å²) in [6.07, 6.45) is 1.33. The highest BCUT2D eigenvalue weighted by Crippen LogP contribution is 2.07. The number of carbonyl (C=O) groups is 1. The zero-order valence-electron chi connectivity index (χ0n) is 12.6. The summed E-state index contributed by atoms with van der Waals surface area (Å²) in [5.74, 6) is -0.0723. The highest BCUT2D eigenvalue weighted by Gasteiger charge is 2.06. The summed E-state index contributed by atoms with van der Waals surface area (Å²) in [6, 6.07) is 15.7. The number of nitrogens with one attached hydrogen (secondary N) is 1. The van der Waals surface area contributed by atoms with E-state index in [4.69, 9.17) is 18.0 Å². The van der Waals surface area contributed by atoms with Crippen LogP contribution in [0.3, 0.4) is 0 Å². The summed E-state index contributed by atoms with van der Waals surface area (Å²) in [5, 5.41) is 2.94. The van der Waals surface area contributed by atoms with Crippen molar-refractivity contribution in [3.63, 3.8) is 0 Å². The van der Waals surface area contributed by atoms with E-state index >= 15 is 0 Å². The van der Waals surface area contributed by atoms with Crippen LogP contribution in [0.15, 0.2) is 48.5 Å². The highest BCUT2D eigenvalue weighted by molar-refractivity contribution is 7.80. The summed E-state index contributed by atoms with van der Waals surface area (Å²) < 4.78 is 0. The van der Waals surface area contributed by atoms with Gasteiger partial charge in [-0.15, -0.1) is 0 Å². The number of nitrogens with two attached hydrogens (primary N) is 1. The zero-order valence-corrected chi connectivity index (χ0v) is 13.5. The third kappa shape index (κ3) is 4.97. The molecule has 4 heteroatoms. The van der Waals surface area contributed by atoms with Gasteiger partial charge in [0.2, 0.25) is 0 Å². The smallest absolute Gasteiger partial charge is 0.251 e. The Morgan fingerprint density at radius 2 is 1.86 bits per heavy atom. The first-order valence-electron chi connectivity index (χ1n) is 7.25. The number of benzene rings is 2. The van der Waals surface area contributed by atoms with E-state index < -0.39 is 0 Å². The lowest BCUT2D eigenvalue weighted by atomic mass is 10.1. The van der Waals surface area contributed by atoms with Crippen LogP contribution in [-0.2, 0) is 12.8 Å². The Bertz CT molecular complexity index is 665. The average Bonchev–Trinajstić information content (AvgIpc) is 2.49. The van der Waals surface area contributed by atoms with E-state index in [1.807, 2.05) is 18.2 Å². The second-order valence-electron chi connectivity index (χ2n) is 5.33. The van der Waals surface area contributed by atoms with Gasteiger partial charge in [-0.05, 0) is 36.6 Å². The Kier molecular flexibility index (Phi) is 5.67. The van der Waals surface area contributed by atoms with Crippen molar-refractivity contribution in [2.24, 2.45) is 5.73 Å². The van der Waals surface area contributed by atoms with Gasteiger partial charge in [-0.3, -0.25) is 4.79 Å². The van der Waals surface area contributed by atoms with Gasteiger partial charge in [0.25, 0.3) is 5.91 Å². The predicted octanol–water partition coefficient (Wildman–Crippen LogP) is 2.80. The molecule has 0 aliphatic heterocycles. The molecule has 0 radical (unpaired) electrons. The first-order chi connectivity index (χ1) is 10.5. The van der Waals surface area contributed by atoms with Crippen molar-refractivity contribution in [3.8, 4) is 0 Å². The van der Waals surface area contributed by atoms with E-state index in [0.29, 0.717) is 23.5 Å². The van der Waals surface area contributed by atoms with Crippen LogP contribution in [0.2, 0.25) is 0 Å². The standard InChI is InChI=1S/C18H20N2OS/c1-13-5-7-14(8-6-13)9-10-20-18(21)16-4-2-3-15(11-16)12-17(19)22/h2-8,11H,9-10,12H2,1H3,(H2,19,22)(H,20,21). The number of amides is 1. The maximum atomic E-state index is 12.2. The topological polar surface area (TPSA) is 55.1 Å². The molecule has 0 aliphatic rings. The van der Waals surface area contributed by atoms with Crippen molar-refractivity contribution in [1.82, 2.24) is 5.32 Å². The van der Waals surface area contributed by atoms with Crippen molar-refractivity contribution < 1.29 is 4.79 Å². The molecule has 2 rings (SSSR count). The number of hydrogen-bond acceptors (Lipinski definition) is 2. The molecule has 0 saturated heterocycles. The van der Waals surface area contributed by atoms with Gasteiger partial charge in [-0.2, -0.15) is 0 Å². The summed E-state index contributed by atoms with van der Waals surface area (Å²) in [7, 11) is 0. The molecule has 114 valence electrons. The molecule has 0 aromatic heterocycles. The molecule has 0 aliphatic carbocycles. The fourth-order valence-corrected chi connectivity index (χ4v) is 2.37. The van der Waals surface area contributed by atoms with E-state index in [1.165, 1.54) is 11.1 Å². The molecular weight excluding hydrogens is 292 g/mol. The summed E-state index contributed by atoms with van der Waals surface area (Å²) >= 11 is 4.90. The van der Waals surface area contributed by atoms with Gasteiger partial charge in [-0.25, -0.2) is 0 Å². The van der Waals surface area contributed by atoms with Crippen LogP contribution >= 0.6 is 12.2 Å². The van der Waals surface area contributed by atoms with Gasteiger partial charge < -0.3 is 11.1 Å². The van der Waals surface area contributed by atoms with E-state index in [-0.39, 0.29) is 5.91 Å². The van der Waals surface area contributed by atoms with Gasteiger partial charge in [0, 0.05) is 18.5 Å². The number of thiocarbonyl (C=S) groups is 1. The molecule has 0 unspecified atom stereocenters. The molecule has 22 heavy (non-hydrogen) atoms. The Hall–Kier alpha value is -2.20. The highest BCUT2D eigenvalue weighted by atomic mass is 32.1. The molecule has 3 N–H and O–H groups in total. The summed E-state index contributed by atoms with van der Waals surface area (Å²) in [5.41, 5.74) is 9.58. The van der Waals surface area contributed by atoms with Crippen LogP contribution in [-0.4, -0.2) is 17.4 Å². The molecular formula is C18H20N2OS. The summed E-state index contributed by atoms with van der Waals surface area (Å²) in [6.45, 7) is 2.67. The average molecular weight is 312 g/mol. The zero-order chi connectivity index (χ0) is 15.9. The van der Waals surface area contributed by atoms with Crippen molar-refractivity contribution in [1.29, 1.82) is 0 Å². The Morgan fingerprint density at radius 1 is 1.14 bits per heavy atom. The molecule has 0 bridgehead atoms. The van der Waals surface area contributed by atoms with Gasteiger partial charge >= 0.3 is 0 Å². The monoisotopic (exact) mass is 312 g/mol. The normalized spacial score (nSPS) is 10.2. The quantitative estimate of drug-likeness (QED) is 0.807. The van der Waals surface area contributed by atoms with Crippen LogP contribution in [0, 0.1) is 6.92 Å². The molecule has 0 heterocycles. The van der Waals surface area contributed by atoms with Crippen molar-refractivity contribution >= 4 is 23.1 Å². The van der Waals surface area contributed by atoms with Crippen LogP contribution in [0.4, 0.5) is 0 Å². The van der Waals surface area contributed by atoms with Gasteiger partial charge in [0.1, 0.15) is 0 Å². The number of rotatable bonds is 6. The van der Waals surface area contributed by atoms with Crippen LogP contribution in [0.25, 0.3) is 0 Å². The fourth-order valence-electron chi connectivity index (χ4n) is 2.20. The van der Waals surface area contributed by atoms with Crippen LogP contribution in [0.1, 0.15) is 27.0 Å². The predicted molar refractivity (Wildman–Crippen MR) is 94.1 cm³/mol. The van der Waals surface area contributed by atoms with E-state index in [1.54, 1.807) is 6.07 Å². The maximum Gasteiger partial charge on any atom is 0.251 e. The SMILES string of the molecule is Cc1ccc(CCNC(=O)c2cccc(CC(N)=S)c2)cc1. The maximum absolute atomic E-state index is 12.2. The largest absolute Gasteiger partial charge is 0.393 e. The lowest BCUT2D eigenvalue weighted by Gasteiger charge is -2.07. The second-order valence-corrected chi connectivity index (χ2v) is 5.86. The third-order valence-electron chi connectivity index (χ3n) is 3.39. The minimum absolute atomic E-state index is 0.0723. The van der Waals surface area contributed by atoms with Crippen LogP contribution < -0.4 is 11.1 Å².